The van der Waals surface area contributed by atoms with Crippen LogP contribution in [0.4, 0.5) is 0 Å². The normalized spacial score (nSPS) is 12.5. The van der Waals surface area contributed by atoms with E-state index in [1.807, 2.05) is 0 Å². The first-order valence-electron chi connectivity index (χ1n) is 4.90. The zero-order valence-corrected chi connectivity index (χ0v) is 8.21. The third-order valence-corrected chi connectivity index (χ3v) is 2.19. The van der Waals surface area contributed by atoms with Gasteiger partial charge in [-0.25, -0.2) is 0 Å². The number of carbonyl (C=O) groups is 1. The third kappa shape index (κ3) is 6.20. The highest BCUT2D eigenvalue weighted by atomic mass is 16.5. The monoisotopic (exact) mass is 172 g/mol. The molecule has 0 aliphatic heterocycles. The van der Waals surface area contributed by atoms with Crippen LogP contribution >= 0.6 is 0 Å². The van der Waals surface area contributed by atoms with Gasteiger partial charge in [-0.1, -0.05) is 39.5 Å². The summed E-state index contributed by atoms with van der Waals surface area (Å²) in [6, 6.07) is 0. The minimum atomic E-state index is 0.544. The minimum absolute atomic E-state index is 0.544. The van der Waals surface area contributed by atoms with E-state index in [-0.39, 0.29) is 0 Å². The lowest BCUT2D eigenvalue weighted by molar-refractivity contribution is -0.130. The number of rotatable bonds is 8. The smallest absolute Gasteiger partial charge is 0.293 e. The zero-order chi connectivity index (χ0) is 9.23. The molecule has 0 heterocycles. The standard InChI is InChI=1S/C10H20O2/c1-3-5-6-7-10(4-2)8-12-9-11/h9-10H,3-8H2,1-2H3/t10-/m1/s1. The van der Waals surface area contributed by atoms with Crippen LogP contribution in [-0.2, 0) is 9.53 Å². The average Bonchev–Trinajstić information content (AvgIpc) is 2.11. The van der Waals surface area contributed by atoms with Crippen molar-refractivity contribution in [1.29, 1.82) is 0 Å². The molecule has 2 nitrogen and oxygen atoms in total. The molecule has 0 N–H and O–H groups in total. The van der Waals surface area contributed by atoms with Crippen LogP contribution in [0, 0.1) is 5.92 Å². The van der Waals surface area contributed by atoms with E-state index in [0.717, 1.165) is 6.42 Å². The fourth-order valence-electron chi connectivity index (χ4n) is 1.26. The van der Waals surface area contributed by atoms with E-state index in [1.165, 1.54) is 25.7 Å². The Kier molecular flexibility index (Phi) is 8.19. The molecule has 0 aromatic rings. The first-order valence-corrected chi connectivity index (χ1v) is 4.90. The lowest BCUT2D eigenvalue weighted by atomic mass is 10.00. The molecule has 72 valence electrons. The summed E-state index contributed by atoms with van der Waals surface area (Å²) in [4.78, 5) is 9.93. The molecule has 0 aliphatic rings. The first-order chi connectivity index (χ1) is 5.85. The van der Waals surface area contributed by atoms with Crippen molar-refractivity contribution >= 4 is 6.47 Å². The molecule has 0 aromatic heterocycles. The van der Waals surface area contributed by atoms with Gasteiger partial charge in [0.25, 0.3) is 6.47 Å². The second-order valence-electron chi connectivity index (χ2n) is 3.20. The summed E-state index contributed by atoms with van der Waals surface area (Å²) < 4.78 is 4.74. The largest absolute Gasteiger partial charge is 0.468 e. The number of carbonyl (C=O) groups excluding carboxylic acids is 1. The summed E-state index contributed by atoms with van der Waals surface area (Å²) >= 11 is 0. The lowest BCUT2D eigenvalue weighted by Gasteiger charge is -2.12. The molecule has 12 heavy (non-hydrogen) atoms. The Hall–Kier alpha value is -0.530. The summed E-state index contributed by atoms with van der Waals surface area (Å²) in [5, 5.41) is 0. The SMILES string of the molecule is CCCCC[C@@H](CC)COC=O. The molecule has 0 aliphatic carbocycles. The van der Waals surface area contributed by atoms with Gasteiger partial charge < -0.3 is 4.74 Å². The molecule has 2 heteroatoms. The third-order valence-electron chi connectivity index (χ3n) is 2.19. The summed E-state index contributed by atoms with van der Waals surface area (Å²) in [6.45, 7) is 5.49. The first kappa shape index (κ1) is 11.5. The van der Waals surface area contributed by atoms with Crippen molar-refractivity contribution < 1.29 is 9.53 Å². The summed E-state index contributed by atoms with van der Waals surface area (Å²) in [5.41, 5.74) is 0. The van der Waals surface area contributed by atoms with Crippen LogP contribution in [-0.4, -0.2) is 13.1 Å². The second-order valence-corrected chi connectivity index (χ2v) is 3.20. The Labute approximate surface area is 75.3 Å². The van der Waals surface area contributed by atoms with E-state index < -0.39 is 0 Å². The van der Waals surface area contributed by atoms with Crippen LogP contribution in [0.1, 0.15) is 46.0 Å². The number of hydrogen-bond donors (Lipinski definition) is 0. The number of hydrogen-bond acceptors (Lipinski definition) is 2. The molecule has 0 saturated heterocycles. The van der Waals surface area contributed by atoms with Gasteiger partial charge in [-0.2, -0.15) is 0 Å². The van der Waals surface area contributed by atoms with Gasteiger partial charge in [-0.15, -0.1) is 0 Å². The van der Waals surface area contributed by atoms with Crippen LogP contribution in [0.2, 0.25) is 0 Å². The van der Waals surface area contributed by atoms with Gasteiger partial charge in [-0.3, -0.25) is 4.79 Å². The van der Waals surface area contributed by atoms with Crippen molar-refractivity contribution in [2.24, 2.45) is 5.92 Å². The minimum Gasteiger partial charge on any atom is -0.468 e. The molecule has 0 aromatic carbocycles. The summed E-state index contributed by atoms with van der Waals surface area (Å²) in [5.74, 6) is 0.571. The average molecular weight is 172 g/mol. The highest BCUT2D eigenvalue weighted by Gasteiger charge is 2.05. The summed E-state index contributed by atoms with van der Waals surface area (Å²) in [7, 11) is 0. The maximum Gasteiger partial charge on any atom is 0.293 e. The molecule has 0 radical (unpaired) electrons. The summed E-state index contributed by atoms with van der Waals surface area (Å²) in [6.07, 6.45) is 6.11. The molecule has 0 saturated carbocycles. The van der Waals surface area contributed by atoms with Crippen molar-refractivity contribution in [3.8, 4) is 0 Å². The lowest BCUT2D eigenvalue weighted by Crippen LogP contribution is -2.07. The molecule has 0 fully saturated rings. The highest BCUT2D eigenvalue weighted by molar-refractivity contribution is 5.36. The van der Waals surface area contributed by atoms with Crippen LogP contribution in [0.25, 0.3) is 0 Å². The van der Waals surface area contributed by atoms with E-state index in [2.05, 4.69) is 13.8 Å². The quantitative estimate of drug-likeness (QED) is 0.415. The highest BCUT2D eigenvalue weighted by Crippen LogP contribution is 2.13. The van der Waals surface area contributed by atoms with E-state index in [4.69, 9.17) is 4.74 Å². The zero-order valence-electron chi connectivity index (χ0n) is 8.21. The van der Waals surface area contributed by atoms with Crippen molar-refractivity contribution in [2.45, 2.75) is 46.0 Å². The molecule has 0 rings (SSSR count). The Morgan fingerprint density at radius 2 is 2.08 bits per heavy atom. The topological polar surface area (TPSA) is 26.3 Å². The Bertz CT molecular complexity index is 102. The maximum atomic E-state index is 9.93. The van der Waals surface area contributed by atoms with E-state index in [9.17, 15) is 4.79 Å². The molecular formula is C10H20O2. The molecule has 0 amide bonds. The van der Waals surface area contributed by atoms with Gasteiger partial charge in [0.15, 0.2) is 0 Å². The van der Waals surface area contributed by atoms with E-state index >= 15 is 0 Å². The van der Waals surface area contributed by atoms with Crippen LogP contribution in [0.5, 0.6) is 0 Å². The Morgan fingerprint density at radius 3 is 2.58 bits per heavy atom. The molecule has 1 atom stereocenters. The van der Waals surface area contributed by atoms with Crippen molar-refractivity contribution in [3.05, 3.63) is 0 Å². The number of ether oxygens (including phenoxy) is 1. The second kappa shape index (κ2) is 8.57. The van der Waals surface area contributed by atoms with Gasteiger partial charge in [0, 0.05) is 0 Å². The van der Waals surface area contributed by atoms with Crippen molar-refractivity contribution in [1.82, 2.24) is 0 Å². The van der Waals surface area contributed by atoms with Gasteiger partial charge in [0.05, 0.1) is 6.61 Å². The predicted octanol–water partition coefficient (Wildman–Crippen LogP) is 2.77. The van der Waals surface area contributed by atoms with Crippen molar-refractivity contribution in [3.63, 3.8) is 0 Å². The molecule has 0 bridgehead atoms. The molecule has 0 spiro atoms. The molecular weight excluding hydrogens is 152 g/mol. The van der Waals surface area contributed by atoms with E-state index in [1.54, 1.807) is 0 Å². The fraction of sp³-hybridized carbons (Fsp3) is 0.900. The van der Waals surface area contributed by atoms with Crippen LogP contribution in [0.15, 0.2) is 0 Å². The van der Waals surface area contributed by atoms with Gasteiger partial charge in [0.2, 0.25) is 0 Å². The van der Waals surface area contributed by atoms with Gasteiger partial charge in [0.1, 0.15) is 0 Å². The van der Waals surface area contributed by atoms with Crippen LogP contribution < -0.4 is 0 Å². The van der Waals surface area contributed by atoms with Crippen molar-refractivity contribution in [2.75, 3.05) is 6.61 Å². The number of unbranched alkanes of at least 4 members (excludes halogenated alkanes) is 2. The fourth-order valence-corrected chi connectivity index (χ4v) is 1.26. The van der Waals surface area contributed by atoms with Gasteiger partial charge in [-0.05, 0) is 12.3 Å². The van der Waals surface area contributed by atoms with Gasteiger partial charge >= 0.3 is 0 Å². The Balaban J connectivity index is 3.32. The maximum absolute atomic E-state index is 9.93. The predicted molar refractivity (Wildman–Crippen MR) is 49.9 cm³/mol. The Morgan fingerprint density at radius 1 is 1.33 bits per heavy atom. The van der Waals surface area contributed by atoms with Crippen LogP contribution in [0.3, 0.4) is 0 Å². The van der Waals surface area contributed by atoms with E-state index in [0.29, 0.717) is 19.0 Å². The molecule has 0 unspecified atom stereocenters.